The number of hydrogen-bond acceptors (Lipinski definition) is 1. The molecule has 1 nitrogen and oxygen atoms in total. The lowest BCUT2D eigenvalue weighted by molar-refractivity contribution is -0.125. The fourth-order valence-electron chi connectivity index (χ4n) is 3.03. The van der Waals surface area contributed by atoms with Crippen molar-refractivity contribution < 1.29 is 4.79 Å². The number of hydrogen-bond donors (Lipinski definition) is 0. The summed E-state index contributed by atoms with van der Waals surface area (Å²) < 4.78 is 0. The number of carbonyl (C=O) groups is 1. The number of unbranched alkanes of at least 4 members (excludes halogenated alkanes) is 3. The maximum absolute atomic E-state index is 12.1. The molecule has 0 spiro atoms. The number of Topliss-reactive ketones (excluding diaryl/α,β-unsaturated/α-hetero) is 1. The highest BCUT2D eigenvalue weighted by Gasteiger charge is 2.28. The first-order chi connectivity index (χ1) is 7.79. The predicted octanol–water partition coefficient (Wildman–Crippen LogP) is 4.74. The Morgan fingerprint density at radius 2 is 1.81 bits per heavy atom. The van der Waals surface area contributed by atoms with Crippen molar-refractivity contribution in [1.29, 1.82) is 0 Å². The van der Waals surface area contributed by atoms with Crippen LogP contribution in [0.15, 0.2) is 0 Å². The van der Waals surface area contributed by atoms with Crippen LogP contribution >= 0.6 is 0 Å². The highest BCUT2D eigenvalue weighted by Crippen LogP contribution is 2.33. The van der Waals surface area contributed by atoms with Crippen molar-refractivity contribution in [2.45, 2.75) is 78.1 Å². The molecule has 1 fully saturated rings. The van der Waals surface area contributed by atoms with E-state index in [1.54, 1.807) is 0 Å². The lowest BCUT2D eigenvalue weighted by Gasteiger charge is -2.29. The van der Waals surface area contributed by atoms with Crippen LogP contribution in [0.1, 0.15) is 78.1 Å². The molecule has 0 amide bonds. The van der Waals surface area contributed by atoms with Crippen molar-refractivity contribution in [3.05, 3.63) is 0 Å². The zero-order valence-corrected chi connectivity index (χ0v) is 11.1. The third-order valence-corrected chi connectivity index (χ3v) is 4.12. The highest BCUT2D eigenvalue weighted by molar-refractivity contribution is 5.81. The summed E-state index contributed by atoms with van der Waals surface area (Å²) in [5.74, 6) is 1.69. The average molecular weight is 224 g/mol. The summed E-state index contributed by atoms with van der Waals surface area (Å²) in [6.45, 7) is 4.46. The Labute approximate surface area is 101 Å². The second-order valence-corrected chi connectivity index (χ2v) is 5.34. The molecule has 0 N–H and O–H groups in total. The van der Waals surface area contributed by atoms with Crippen LogP contribution in [0, 0.1) is 11.8 Å². The quantitative estimate of drug-likeness (QED) is 0.571. The first kappa shape index (κ1) is 13.7. The van der Waals surface area contributed by atoms with Gasteiger partial charge < -0.3 is 0 Å². The Balaban J connectivity index is 2.27. The Kier molecular flexibility index (Phi) is 6.75. The summed E-state index contributed by atoms with van der Waals surface area (Å²) in [6, 6.07) is 0. The van der Waals surface area contributed by atoms with Gasteiger partial charge in [-0.25, -0.2) is 0 Å². The molecular weight excluding hydrogens is 196 g/mol. The zero-order chi connectivity index (χ0) is 11.8. The van der Waals surface area contributed by atoms with Gasteiger partial charge in [0.25, 0.3) is 0 Å². The van der Waals surface area contributed by atoms with Gasteiger partial charge in [-0.05, 0) is 25.2 Å². The molecule has 1 aliphatic rings. The van der Waals surface area contributed by atoms with Gasteiger partial charge >= 0.3 is 0 Å². The zero-order valence-electron chi connectivity index (χ0n) is 11.1. The second kappa shape index (κ2) is 7.86. The molecule has 94 valence electrons. The van der Waals surface area contributed by atoms with Crippen LogP contribution in [0.5, 0.6) is 0 Å². The molecule has 0 heterocycles. The fraction of sp³-hybridized carbons (Fsp3) is 0.933. The van der Waals surface area contributed by atoms with E-state index in [0.717, 1.165) is 12.8 Å². The summed E-state index contributed by atoms with van der Waals surface area (Å²) in [5.41, 5.74) is 0. The molecule has 2 atom stereocenters. The number of ketones is 1. The highest BCUT2D eigenvalue weighted by atomic mass is 16.1. The second-order valence-electron chi connectivity index (χ2n) is 5.34. The summed E-state index contributed by atoms with van der Waals surface area (Å²) in [6.07, 6.45) is 12.1. The van der Waals surface area contributed by atoms with Crippen molar-refractivity contribution in [1.82, 2.24) is 0 Å². The number of carbonyl (C=O) groups excluding carboxylic acids is 1. The van der Waals surface area contributed by atoms with E-state index >= 15 is 0 Å². The first-order valence-corrected chi connectivity index (χ1v) is 7.32. The summed E-state index contributed by atoms with van der Waals surface area (Å²) >= 11 is 0. The minimum atomic E-state index is 0.417. The molecule has 0 bridgehead atoms. The molecule has 0 radical (unpaired) electrons. The van der Waals surface area contributed by atoms with Crippen LogP contribution in [0.3, 0.4) is 0 Å². The van der Waals surface area contributed by atoms with Crippen LogP contribution in [0.4, 0.5) is 0 Å². The van der Waals surface area contributed by atoms with E-state index in [4.69, 9.17) is 0 Å². The van der Waals surface area contributed by atoms with E-state index in [0.29, 0.717) is 17.6 Å². The van der Waals surface area contributed by atoms with Gasteiger partial charge in [0, 0.05) is 12.3 Å². The largest absolute Gasteiger partial charge is 0.299 e. The van der Waals surface area contributed by atoms with Crippen molar-refractivity contribution in [2.75, 3.05) is 0 Å². The lowest BCUT2D eigenvalue weighted by Crippen LogP contribution is -2.26. The van der Waals surface area contributed by atoms with Crippen molar-refractivity contribution in [3.8, 4) is 0 Å². The van der Waals surface area contributed by atoms with E-state index in [9.17, 15) is 4.79 Å². The summed E-state index contributed by atoms with van der Waals surface area (Å²) in [5, 5.41) is 0. The van der Waals surface area contributed by atoms with Crippen LogP contribution in [-0.4, -0.2) is 5.78 Å². The van der Waals surface area contributed by atoms with E-state index in [-0.39, 0.29) is 0 Å². The average Bonchev–Trinajstić information content (AvgIpc) is 2.34. The summed E-state index contributed by atoms with van der Waals surface area (Å²) in [7, 11) is 0. The van der Waals surface area contributed by atoms with E-state index in [1.807, 2.05) is 0 Å². The number of rotatable bonds is 7. The van der Waals surface area contributed by atoms with Crippen LogP contribution in [0.25, 0.3) is 0 Å². The topological polar surface area (TPSA) is 17.1 Å². The molecule has 1 aliphatic carbocycles. The third kappa shape index (κ3) is 4.27. The Morgan fingerprint density at radius 1 is 1.06 bits per heavy atom. The normalized spacial score (nSPS) is 25.6. The van der Waals surface area contributed by atoms with Crippen LogP contribution < -0.4 is 0 Å². The van der Waals surface area contributed by atoms with Gasteiger partial charge in [-0.3, -0.25) is 4.79 Å². The predicted molar refractivity (Wildman–Crippen MR) is 69.5 cm³/mol. The maximum Gasteiger partial charge on any atom is 0.136 e. The van der Waals surface area contributed by atoms with Gasteiger partial charge in [0.05, 0.1) is 0 Å². The molecule has 1 rings (SSSR count). The van der Waals surface area contributed by atoms with Gasteiger partial charge in [0.1, 0.15) is 5.78 Å². The minimum absolute atomic E-state index is 0.417. The van der Waals surface area contributed by atoms with Gasteiger partial charge in [-0.1, -0.05) is 52.4 Å². The molecule has 0 aromatic rings. The van der Waals surface area contributed by atoms with Gasteiger partial charge in [0.15, 0.2) is 0 Å². The Morgan fingerprint density at radius 3 is 2.50 bits per heavy atom. The third-order valence-electron chi connectivity index (χ3n) is 4.12. The van der Waals surface area contributed by atoms with E-state index in [2.05, 4.69) is 13.8 Å². The Hall–Kier alpha value is -0.330. The summed E-state index contributed by atoms with van der Waals surface area (Å²) in [4.78, 5) is 12.1. The molecule has 2 unspecified atom stereocenters. The van der Waals surface area contributed by atoms with Gasteiger partial charge in [-0.2, -0.15) is 0 Å². The molecule has 1 heteroatoms. The minimum Gasteiger partial charge on any atom is -0.299 e. The van der Waals surface area contributed by atoms with E-state index < -0.39 is 0 Å². The van der Waals surface area contributed by atoms with Gasteiger partial charge in [0.2, 0.25) is 0 Å². The lowest BCUT2D eigenvalue weighted by atomic mass is 9.75. The Bertz CT molecular complexity index is 198. The SMILES string of the molecule is CCCCCCC(=O)C1CCCCC1CC. The fourth-order valence-corrected chi connectivity index (χ4v) is 3.03. The first-order valence-electron chi connectivity index (χ1n) is 7.32. The van der Waals surface area contributed by atoms with Crippen molar-refractivity contribution in [2.24, 2.45) is 11.8 Å². The molecule has 0 saturated heterocycles. The smallest absolute Gasteiger partial charge is 0.136 e. The van der Waals surface area contributed by atoms with Gasteiger partial charge in [-0.15, -0.1) is 0 Å². The van der Waals surface area contributed by atoms with E-state index in [1.165, 1.54) is 51.4 Å². The van der Waals surface area contributed by atoms with Crippen LogP contribution in [0.2, 0.25) is 0 Å². The molecular formula is C15H28O. The van der Waals surface area contributed by atoms with Crippen molar-refractivity contribution >= 4 is 5.78 Å². The van der Waals surface area contributed by atoms with Crippen LogP contribution in [-0.2, 0) is 4.79 Å². The molecule has 0 aromatic heterocycles. The molecule has 0 aliphatic heterocycles. The van der Waals surface area contributed by atoms with Crippen molar-refractivity contribution in [3.63, 3.8) is 0 Å². The standard InChI is InChI=1S/C15H28O/c1-3-5-6-7-12-15(16)14-11-9-8-10-13(14)4-2/h13-14H,3-12H2,1-2H3. The monoisotopic (exact) mass is 224 g/mol. The molecule has 16 heavy (non-hydrogen) atoms. The molecule has 0 aromatic carbocycles. The molecule has 1 saturated carbocycles. The maximum atomic E-state index is 12.1.